The van der Waals surface area contributed by atoms with Crippen LogP contribution in [0.15, 0.2) is 6.07 Å². The van der Waals surface area contributed by atoms with E-state index in [1.54, 1.807) is 6.92 Å². The first-order chi connectivity index (χ1) is 7.45. The maximum atomic E-state index is 12.6. The van der Waals surface area contributed by atoms with E-state index in [4.69, 9.17) is 5.11 Å². The fourth-order valence-corrected chi connectivity index (χ4v) is 1.91. The van der Waals surface area contributed by atoms with Crippen molar-refractivity contribution in [3.63, 3.8) is 0 Å². The second kappa shape index (κ2) is 5.34. The number of alkyl halides is 3. The summed E-state index contributed by atoms with van der Waals surface area (Å²) >= 11 is 3.20. The van der Waals surface area contributed by atoms with Crippen molar-refractivity contribution in [2.75, 3.05) is 0 Å². The number of carboxylic acids is 1. The van der Waals surface area contributed by atoms with Crippen LogP contribution < -0.4 is 0 Å². The number of halogens is 3. The first kappa shape index (κ1) is 13.0. The quantitative estimate of drug-likeness (QED) is 0.869. The number of aliphatic carboxylic acids is 1. The van der Waals surface area contributed by atoms with E-state index >= 15 is 0 Å². The molecule has 0 aliphatic carbocycles. The highest BCUT2D eigenvalue weighted by Crippen LogP contribution is 2.24. The van der Waals surface area contributed by atoms with Crippen molar-refractivity contribution in [2.24, 2.45) is 0 Å². The Kier molecular flexibility index (Phi) is 4.35. The summed E-state index contributed by atoms with van der Waals surface area (Å²) in [6.45, 7) is 1.62. The number of pyridine rings is 1. The predicted molar refractivity (Wildman–Crippen MR) is 57.9 cm³/mol. The number of carbonyl (C=O) groups is 1. The number of hydrogen-bond acceptors (Lipinski definition) is 2. The minimum atomic E-state index is -2.75. The maximum Gasteiger partial charge on any atom is 0.307 e. The average molecular weight is 294 g/mol. The lowest BCUT2D eigenvalue weighted by Gasteiger charge is -2.10. The van der Waals surface area contributed by atoms with Crippen LogP contribution in [0.25, 0.3) is 0 Å². The van der Waals surface area contributed by atoms with Crippen molar-refractivity contribution in [1.82, 2.24) is 4.98 Å². The Labute approximate surface area is 99.6 Å². The molecule has 1 aromatic rings. The summed E-state index contributed by atoms with van der Waals surface area (Å²) in [5.74, 6) is -1.15. The second-order valence-corrected chi connectivity index (χ2v) is 3.84. The van der Waals surface area contributed by atoms with Crippen LogP contribution in [0, 0.1) is 6.92 Å². The number of rotatable bonds is 4. The largest absolute Gasteiger partial charge is 0.481 e. The highest BCUT2D eigenvalue weighted by molar-refractivity contribution is 9.08. The van der Waals surface area contributed by atoms with Gasteiger partial charge in [0.2, 0.25) is 0 Å². The lowest BCUT2D eigenvalue weighted by atomic mass is 10.1. The van der Waals surface area contributed by atoms with Crippen molar-refractivity contribution in [3.05, 3.63) is 28.6 Å². The molecule has 0 saturated heterocycles. The number of aromatic nitrogens is 1. The van der Waals surface area contributed by atoms with Gasteiger partial charge in [-0.1, -0.05) is 22.0 Å². The molecule has 1 N–H and O–H groups in total. The van der Waals surface area contributed by atoms with E-state index in [9.17, 15) is 13.6 Å². The van der Waals surface area contributed by atoms with Gasteiger partial charge >= 0.3 is 5.97 Å². The Morgan fingerprint density at radius 3 is 2.62 bits per heavy atom. The number of nitrogens with zero attached hydrogens (tertiary/aromatic N) is 1. The normalized spacial score (nSPS) is 10.8. The zero-order valence-corrected chi connectivity index (χ0v) is 10.1. The minimum absolute atomic E-state index is 0.0718. The van der Waals surface area contributed by atoms with Crippen LogP contribution >= 0.6 is 15.9 Å². The Morgan fingerprint density at radius 2 is 2.19 bits per heavy atom. The number of hydrogen-bond donors (Lipinski definition) is 1. The third-order valence-electron chi connectivity index (χ3n) is 2.12. The maximum absolute atomic E-state index is 12.6. The fourth-order valence-electron chi connectivity index (χ4n) is 1.34. The molecule has 0 aliphatic rings. The molecule has 0 unspecified atom stereocenters. The van der Waals surface area contributed by atoms with Crippen molar-refractivity contribution in [2.45, 2.75) is 25.1 Å². The first-order valence-corrected chi connectivity index (χ1v) is 5.63. The highest BCUT2D eigenvalue weighted by atomic mass is 79.9. The van der Waals surface area contributed by atoms with Crippen molar-refractivity contribution < 1.29 is 18.7 Å². The minimum Gasteiger partial charge on any atom is -0.481 e. The lowest BCUT2D eigenvalue weighted by molar-refractivity contribution is -0.136. The molecule has 0 fully saturated rings. The summed E-state index contributed by atoms with van der Waals surface area (Å²) in [7, 11) is 0. The monoisotopic (exact) mass is 293 g/mol. The molecular formula is C10H10BrF2NO2. The molecule has 0 saturated carbocycles. The van der Waals surface area contributed by atoms with E-state index in [1.807, 2.05) is 0 Å². The smallest absolute Gasteiger partial charge is 0.307 e. The van der Waals surface area contributed by atoms with Gasteiger partial charge in [0.05, 0.1) is 6.42 Å². The van der Waals surface area contributed by atoms with Gasteiger partial charge in [0.1, 0.15) is 5.69 Å². The van der Waals surface area contributed by atoms with Crippen LogP contribution in [0.4, 0.5) is 8.78 Å². The van der Waals surface area contributed by atoms with Crippen LogP contribution in [-0.4, -0.2) is 16.1 Å². The first-order valence-electron chi connectivity index (χ1n) is 4.51. The zero-order chi connectivity index (χ0) is 12.3. The number of carboxylic acid groups (broad SMARTS) is 1. The average Bonchev–Trinajstić information content (AvgIpc) is 2.19. The van der Waals surface area contributed by atoms with E-state index in [-0.39, 0.29) is 5.56 Å². The molecule has 1 rings (SSSR count). The van der Waals surface area contributed by atoms with E-state index < -0.39 is 24.5 Å². The Balaban J connectivity index is 3.24. The second-order valence-electron chi connectivity index (χ2n) is 3.28. The third-order valence-corrected chi connectivity index (χ3v) is 2.73. The molecular weight excluding hydrogens is 284 g/mol. The van der Waals surface area contributed by atoms with Gasteiger partial charge in [-0.2, -0.15) is 0 Å². The molecule has 1 aromatic heterocycles. The SMILES string of the molecule is Cc1nc(C(F)F)c(CC(=O)O)cc1CBr. The molecule has 0 atom stereocenters. The predicted octanol–water partition coefficient (Wildman–Crippen LogP) is 2.85. The topological polar surface area (TPSA) is 50.2 Å². The summed E-state index contributed by atoms with van der Waals surface area (Å²) in [6, 6.07) is 1.46. The molecule has 16 heavy (non-hydrogen) atoms. The van der Waals surface area contributed by atoms with Crippen molar-refractivity contribution in [3.8, 4) is 0 Å². The molecule has 0 radical (unpaired) electrons. The van der Waals surface area contributed by atoms with E-state index in [0.29, 0.717) is 11.0 Å². The van der Waals surface area contributed by atoms with Crippen LogP contribution in [0.1, 0.15) is 28.9 Å². The molecule has 0 spiro atoms. The lowest BCUT2D eigenvalue weighted by Crippen LogP contribution is -2.08. The molecule has 1 heterocycles. The summed E-state index contributed by atoms with van der Waals surface area (Å²) in [5, 5.41) is 9.08. The summed E-state index contributed by atoms with van der Waals surface area (Å²) in [4.78, 5) is 14.3. The summed E-state index contributed by atoms with van der Waals surface area (Å²) in [6.07, 6.45) is -3.19. The van der Waals surface area contributed by atoms with Gasteiger partial charge in [-0.15, -0.1) is 0 Å². The van der Waals surface area contributed by atoms with E-state index in [1.165, 1.54) is 6.07 Å². The summed E-state index contributed by atoms with van der Waals surface area (Å²) < 4.78 is 25.3. The van der Waals surface area contributed by atoms with Gasteiger partial charge in [-0.25, -0.2) is 8.78 Å². The van der Waals surface area contributed by atoms with Gasteiger partial charge in [-0.3, -0.25) is 9.78 Å². The molecule has 88 valence electrons. The van der Waals surface area contributed by atoms with Crippen LogP contribution in [-0.2, 0) is 16.5 Å². The van der Waals surface area contributed by atoms with Gasteiger partial charge in [0.25, 0.3) is 6.43 Å². The van der Waals surface area contributed by atoms with Gasteiger partial charge < -0.3 is 5.11 Å². The van der Waals surface area contributed by atoms with Gasteiger partial charge in [0.15, 0.2) is 0 Å². The fraction of sp³-hybridized carbons (Fsp3) is 0.400. The van der Waals surface area contributed by atoms with Crippen LogP contribution in [0.2, 0.25) is 0 Å². The van der Waals surface area contributed by atoms with E-state index in [0.717, 1.165) is 5.56 Å². The van der Waals surface area contributed by atoms with Crippen LogP contribution in [0.5, 0.6) is 0 Å². The van der Waals surface area contributed by atoms with Crippen molar-refractivity contribution >= 4 is 21.9 Å². The summed E-state index contributed by atoms with van der Waals surface area (Å²) in [5.41, 5.74) is 0.842. The molecule has 0 amide bonds. The Hall–Kier alpha value is -1.04. The molecule has 0 bridgehead atoms. The Morgan fingerprint density at radius 1 is 1.56 bits per heavy atom. The van der Waals surface area contributed by atoms with Gasteiger partial charge in [-0.05, 0) is 18.1 Å². The zero-order valence-electron chi connectivity index (χ0n) is 8.51. The molecule has 0 aliphatic heterocycles. The standard InChI is InChI=1S/C10H10BrF2NO2/c1-5-7(4-11)2-6(3-8(15)16)9(14-5)10(12)13/h2,10H,3-4H2,1H3,(H,15,16). The van der Waals surface area contributed by atoms with Crippen LogP contribution in [0.3, 0.4) is 0 Å². The third kappa shape index (κ3) is 2.98. The van der Waals surface area contributed by atoms with Gasteiger partial charge in [0, 0.05) is 11.0 Å². The molecule has 3 nitrogen and oxygen atoms in total. The molecule has 6 heteroatoms. The highest BCUT2D eigenvalue weighted by Gasteiger charge is 2.18. The Bertz CT molecular complexity index is 410. The van der Waals surface area contributed by atoms with E-state index in [2.05, 4.69) is 20.9 Å². The molecule has 0 aromatic carbocycles. The van der Waals surface area contributed by atoms with Crippen molar-refractivity contribution in [1.29, 1.82) is 0 Å². The number of aryl methyl sites for hydroxylation is 1.